The number of oxazole rings is 1. The van der Waals surface area contributed by atoms with Crippen molar-refractivity contribution in [3.63, 3.8) is 0 Å². The highest BCUT2D eigenvalue weighted by Crippen LogP contribution is 2.45. The van der Waals surface area contributed by atoms with Crippen molar-refractivity contribution in [2.24, 2.45) is 0 Å². The average molecular weight is 424 g/mol. The summed E-state index contributed by atoms with van der Waals surface area (Å²) in [6.45, 7) is 0. The van der Waals surface area contributed by atoms with Gasteiger partial charge < -0.3 is 4.42 Å². The van der Waals surface area contributed by atoms with Crippen LogP contribution in [0.25, 0.3) is 55.9 Å². The Labute approximate surface area is 192 Å². The first-order valence-corrected chi connectivity index (χ1v) is 11.1. The minimum absolute atomic E-state index is 0.631. The minimum atomic E-state index is 0.631. The highest BCUT2D eigenvalue weighted by atomic mass is 16.3. The monoisotopic (exact) mass is 423 g/mol. The molecule has 6 rings (SSSR count). The second kappa shape index (κ2) is 8.25. The van der Waals surface area contributed by atoms with Crippen LogP contribution in [0.5, 0.6) is 0 Å². The summed E-state index contributed by atoms with van der Waals surface area (Å²) < 4.78 is 6.36. The largest absolute Gasteiger partial charge is 0.436 e. The Morgan fingerprint density at radius 2 is 0.909 bits per heavy atom. The Morgan fingerprint density at radius 1 is 0.455 bits per heavy atom. The van der Waals surface area contributed by atoms with Gasteiger partial charge in [0.1, 0.15) is 5.52 Å². The summed E-state index contributed by atoms with van der Waals surface area (Å²) in [5.74, 6) is 0.631. The molecule has 0 N–H and O–H groups in total. The summed E-state index contributed by atoms with van der Waals surface area (Å²) in [6.07, 6.45) is 0. The topological polar surface area (TPSA) is 26.0 Å². The Hall–Kier alpha value is -4.43. The van der Waals surface area contributed by atoms with Crippen LogP contribution in [0.4, 0.5) is 0 Å². The SMILES string of the molecule is c1ccc(-c2nc3c(-c4ccccc4)c(-c4ccccc4)c(-c4ccccc4)cc3o2)cc1. The molecule has 156 valence electrons. The summed E-state index contributed by atoms with van der Waals surface area (Å²) in [5.41, 5.74) is 9.42. The van der Waals surface area contributed by atoms with Crippen molar-refractivity contribution in [3.05, 3.63) is 127 Å². The van der Waals surface area contributed by atoms with Crippen LogP contribution < -0.4 is 0 Å². The first-order valence-electron chi connectivity index (χ1n) is 11.1. The number of rotatable bonds is 4. The third-order valence-corrected chi connectivity index (χ3v) is 5.92. The van der Waals surface area contributed by atoms with Gasteiger partial charge in [0, 0.05) is 11.1 Å². The van der Waals surface area contributed by atoms with Crippen molar-refractivity contribution in [2.45, 2.75) is 0 Å². The van der Waals surface area contributed by atoms with E-state index in [4.69, 9.17) is 9.40 Å². The molecule has 5 aromatic carbocycles. The molecule has 0 saturated heterocycles. The molecule has 33 heavy (non-hydrogen) atoms. The van der Waals surface area contributed by atoms with Gasteiger partial charge in [-0.05, 0) is 46.0 Å². The van der Waals surface area contributed by atoms with E-state index in [1.54, 1.807) is 0 Å². The first-order chi connectivity index (χ1) is 16.4. The van der Waals surface area contributed by atoms with Gasteiger partial charge in [-0.15, -0.1) is 0 Å². The Balaban J connectivity index is 1.75. The number of hydrogen-bond acceptors (Lipinski definition) is 2. The predicted molar refractivity (Wildman–Crippen MR) is 136 cm³/mol. The van der Waals surface area contributed by atoms with Crippen LogP contribution in [0.3, 0.4) is 0 Å². The van der Waals surface area contributed by atoms with Gasteiger partial charge in [-0.2, -0.15) is 0 Å². The Bertz CT molecular complexity index is 1520. The standard InChI is InChI=1S/C31H21NO/c1-5-13-22(14-6-1)26-21-27-30(32-31(33-27)25-19-11-4-12-20-25)29(24-17-9-3-10-18-24)28(26)23-15-7-2-8-16-23/h1-21H. The van der Waals surface area contributed by atoms with Crippen LogP contribution in [-0.2, 0) is 0 Å². The zero-order chi connectivity index (χ0) is 22.0. The van der Waals surface area contributed by atoms with Gasteiger partial charge in [0.2, 0.25) is 5.89 Å². The number of hydrogen-bond donors (Lipinski definition) is 0. The molecule has 0 aliphatic rings. The van der Waals surface area contributed by atoms with Crippen molar-refractivity contribution in [1.29, 1.82) is 0 Å². The molecule has 2 nitrogen and oxygen atoms in total. The maximum absolute atomic E-state index is 6.36. The lowest BCUT2D eigenvalue weighted by atomic mass is 9.87. The van der Waals surface area contributed by atoms with Crippen LogP contribution in [0.15, 0.2) is 132 Å². The molecule has 0 unspecified atom stereocenters. The highest BCUT2D eigenvalue weighted by Gasteiger charge is 2.22. The van der Waals surface area contributed by atoms with E-state index in [9.17, 15) is 0 Å². The molecule has 0 saturated carbocycles. The fourth-order valence-corrected chi connectivity index (χ4v) is 4.41. The van der Waals surface area contributed by atoms with Gasteiger partial charge in [-0.3, -0.25) is 0 Å². The fraction of sp³-hybridized carbons (Fsp3) is 0. The van der Waals surface area contributed by atoms with E-state index in [1.165, 1.54) is 0 Å². The second-order valence-electron chi connectivity index (χ2n) is 8.00. The van der Waals surface area contributed by atoms with Gasteiger partial charge in [0.15, 0.2) is 5.58 Å². The van der Waals surface area contributed by atoms with Crippen LogP contribution in [0.1, 0.15) is 0 Å². The summed E-state index contributed by atoms with van der Waals surface area (Å²) in [4.78, 5) is 5.01. The van der Waals surface area contributed by atoms with Crippen molar-refractivity contribution >= 4 is 11.1 Å². The number of nitrogens with zero attached hydrogens (tertiary/aromatic N) is 1. The van der Waals surface area contributed by atoms with Gasteiger partial charge in [0.25, 0.3) is 0 Å². The van der Waals surface area contributed by atoms with Crippen molar-refractivity contribution in [2.75, 3.05) is 0 Å². The molecule has 0 atom stereocenters. The minimum Gasteiger partial charge on any atom is -0.436 e. The van der Waals surface area contributed by atoms with Crippen LogP contribution in [0, 0.1) is 0 Å². The number of benzene rings is 5. The van der Waals surface area contributed by atoms with Crippen LogP contribution in [0.2, 0.25) is 0 Å². The van der Waals surface area contributed by atoms with E-state index < -0.39 is 0 Å². The molecule has 0 radical (unpaired) electrons. The smallest absolute Gasteiger partial charge is 0.227 e. The molecule has 0 fully saturated rings. The van der Waals surface area contributed by atoms with Gasteiger partial charge in [-0.1, -0.05) is 109 Å². The zero-order valence-corrected chi connectivity index (χ0v) is 18.0. The van der Waals surface area contributed by atoms with Gasteiger partial charge >= 0.3 is 0 Å². The van der Waals surface area contributed by atoms with E-state index in [-0.39, 0.29) is 0 Å². The van der Waals surface area contributed by atoms with Crippen molar-refractivity contribution in [3.8, 4) is 44.8 Å². The van der Waals surface area contributed by atoms with Gasteiger partial charge in [0.05, 0.1) is 0 Å². The summed E-state index contributed by atoms with van der Waals surface area (Å²) in [7, 11) is 0. The molecule has 6 aromatic rings. The molecule has 2 heteroatoms. The van der Waals surface area contributed by atoms with Crippen LogP contribution >= 0.6 is 0 Å². The zero-order valence-electron chi connectivity index (χ0n) is 18.0. The van der Waals surface area contributed by atoms with Crippen molar-refractivity contribution < 1.29 is 4.42 Å². The molecule has 0 spiro atoms. The highest BCUT2D eigenvalue weighted by molar-refractivity contribution is 6.07. The van der Waals surface area contributed by atoms with E-state index >= 15 is 0 Å². The van der Waals surface area contributed by atoms with Gasteiger partial charge in [-0.25, -0.2) is 4.98 Å². The van der Waals surface area contributed by atoms with E-state index in [1.807, 2.05) is 42.5 Å². The molecule has 0 amide bonds. The van der Waals surface area contributed by atoms with Crippen LogP contribution in [-0.4, -0.2) is 4.98 Å². The molecular weight excluding hydrogens is 402 g/mol. The average Bonchev–Trinajstić information content (AvgIpc) is 3.34. The summed E-state index contributed by atoms with van der Waals surface area (Å²) >= 11 is 0. The maximum atomic E-state index is 6.36. The molecule has 1 heterocycles. The first kappa shape index (κ1) is 19.3. The van der Waals surface area contributed by atoms with E-state index in [0.29, 0.717) is 5.89 Å². The maximum Gasteiger partial charge on any atom is 0.227 e. The predicted octanol–water partition coefficient (Wildman–Crippen LogP) is 8.50. The third kappa shape index (κ3) is 3.52. The molecule has 0 bridgehead atoms. The molecule has 0 aliphatic heterocycles. The number of aromatic nitrogens is 1. The Kier molecular flexibility index (Phi) is 4.82. The number of fused-ring (bicyclic) bond motifs is 1. The van der Waals surface area contributed by atoms with E-state index in [0.717, 1.165) is 50.0 Å². The quantitative estimate of drug-likeness (QED) is 0.284. The lowest BCUT2D eigenvalue weighted by Crippen LogP contribution is -1.92. The third-order valence-electron chi connectivity index (χ3n) is 5.92. The summed E-state index contributed by atoms with van der Waals surface area (Å²) in [5, 5.41) is 0. The lowest BCUT2D eigenvalue weighted by Gasteiger charge is -2.16. The second-order valence-corrected chi connectivity index (χ2v) is 8.00. The normalized spacial score (nSPS) is 11.0. The fourth-order valence-electron chi connectivity index (χ4n) is 4.41. The van der Waals surface area contributed by atoms with Crippen molar-refractivity contribution in [1.82, 2.24) is 4.98 Å². The molecular formula is C31H21NO. The van der Waals surface area contributed by atoms with E-state index in [2.05, 4.69) is 84.9 Å². The summed E-state index contributed by atoms with van der Waals surface area (Å²) in [6, 6.07) is 43.7. The molecule has 0 aliphatic carbocycles. The Morgan fingerprint density at radius 3 is 1.45 bits per heavy atom. The molecule has 1 aromatic heterocycles. The lowest BCUT2D eigenvalue weighted by molar-refractivity contribution is 0.620.